The normalized spacial score (nSPS) is 18.9. The summed E-state index contributed by atoms with van der Waals surface area (Å²) in [4.78, 5) is 10.9. The van der Waals surface area contributed by atoms with Crippen LogP contribution < -0.4 is 5.43 Å². The van der Waals surface area contributed by atoms with Crippen molar-refractivity contribution in [1.29, 1.82) is 0 Å². The molecular weight excluding hydrogens is 168 g/mol. The number of carbonyl (C=O) groups is 1. The lowest BCUT2D eigenvalue weighted by atomic mass is 10.3. The molecule has 0 aliphatic heterocycles. The molecule has 0 aromatic rings. The molecule has 1 amide bonds. The van der Waals surface area contributed by atoms with Crippen LogP contribution in [0.25, 0.3) is 0 Å². The summed E-state index contributed by atoms with van der Waals surface area (Å²) in [5.74, 6) is -0.243. The van der Waals surface area contributed by atoms with Gasteiger partial charge >= 0.3 is 0 Å². The van der Waals surface area contributed by atoms with Crippen molar-refractivity contribution in [2.75, 3.05) is 6.61 Å². The molecule has 4 nitrogen and oxygen atoms in total. The molecule has 1 rings (SSSR count). The second-order valence-corrected chi connectivity index (χ2v) is 3.10. The third kappa shape index (κ3) is 3.38. The van der Waals surface area contributed by atoms with Gasteiger partial charge in [-0.05, 0) is 25.8 Å². The number of allylic oxidation sites excluding steroid dienone is 2. The molecule has 0 saturated carbocycles. The van der Waals surface area contributed by atoms with Crippen LogP contribution in [0.2, 0.25) is 0 Å². The smallest absolute Gasteiger partial charge is 0.242 e. The number of amides is 1. The van der Waals surface area contributed by atoms with Gasteiger partial charge in [0.15, 0.2) is 0 Å². The van der Waals surface area contributed by atoms with Gasteiger partial charge in [0.25, 0.3) is 0 Å². The van der Waals surface area contributed by atoms with Gasteiger partial charge < -0.3 is 5.11 Å². The molecule has 0 fully saturated rings. The Labute approximate surface area is 77.3 Å². The predicted molar refractivity (Wildman–Crippen MR) is 50.3 cm³/mol. The maximum Gasteiger partial charge on any atom is 0.242 e. The van der Waals surface area contributed by atoms with Crippen molar-refractivity contribution in [3.63, 3.8) is 0 Å². The predicted octanol–water partition coefficient (Wildman–Crippen LogP) is 0.581. The summed E-state index contributed by atoms with van der Waals surface area (Å²) in [6.07, 6.45) is 4.00. The van der Waals surface area contributed by atoms with Crippen LogP contribution in [-0.2, 0) is 4.79 Å². The van der Waals surface area contributed by atoms with E-state index in [-0.39, 0.29) is 18.9 Å². The Bertz CT molecular complexity index is 256. The fourth-order valence-corrected chi connectivity index (χ4v) is 1.13. The molecule has 0 saturated heterocycles. The highest BCUT2D eigenvalue weighted by molar-refractivity contribution is 5.98. The number of hydrazone groups is 1. The summed E-state index contributed by atoms with van der Waals surface area (Å²) in [6.45, 7) is 1.91. The first kappa shape index (κ1) is 9.92. The highest BCUT2D eigenvalue weighted by Crippen LogP contribution is 2.14. The number of aliphatic hydroxyl groups is 1. The van der Waals surface area contributed by atoms with Crippen molar-refractivity contribution in [1.82, 2.24) is 5.43 Å². The average Bonchev–Trinajstić information content (AvgIpc) is 2.49. The first-order valence-corrected chi connectivity index (χ1v) is 4.36. The molecule has 0 unspecified atom stereocenters. The lowest BCUT2D eigenvalue weighted by Gasteiger charge is -1.97. The Morgan fingerprint density at radius 3 is 3.00 bits per heavy atom. The van der Waals surface area contributed by atoms with Gasteiger partial charge in [0.1, 0.15) is 0 Å². The van der Waals surface area contributed by atoms with Crippen molar-refractivity contribution in [2.45, 2.75) is 26.2 Å². The van der Waals surface area contributed by atoms with Crippen LogP contribution in [0.4, 0.5) is 0 Å². The minimum atomic E-state index is -0.243. The monoisotopic (exact) mass is 182 g/mol. The molecule has 1 aliphatic rings. The Morgan fingerprint density at radius 2 is 2.46 bits per heavy atom. The fraction of sp³-hybridized carbons (Fsp3) is 0.556. The SMILES string of the molecule is CC1=C/C(=N/NC(=O)CCO)CC1. The van der Waals surface area contributed by atoms with E-state index < -0.39 is 0 Å². The third-order valence-electron chi connectivity index (χ3n) is 1.85. The number of hydrogen-bond acceptors (Lipinski definition) is 3. The van der Waals surface area contributed by atoms with Crippen molar-refractivity contribution in [2.24, 2.45) is 5.10 Å². The number of aliphatic hydroxyl groups excluding tert-OH is 1. The lowest BCUT2D eigenvalue weighted by molar-refractivity contribution is -0.121. The van der Waals surface area contributed by atoms with Gasteiger partial charge in [-0.25, -0.2) is 5.43 Å². The second kappa shape index (κ2) is 4.77. The van der Waals surface area contributed by atoms with Gasteiger partial charge in [-0.1, -0.05) is 5.57 Å². The summed E-state index contributed by atoms with van der Waals surface area (Å²) >= 11 is 0. The van der Waals surface area contributed by atoms with Crippen LogP contribution in [-0.4, -0.2) is 23.3 Å². The highest BCUT2D eigenvalue weighted by Gasteiger charge is 2.06. The molecule has 0 bridgehead atoms. The number of nitrogens with zero attached hydrogens (tertiary/aromatic N) is 1. The van der Waals surface area contributed by atoms with Gasteiger partial charge in [-0.15, -0.1) is 0 Å². The molecule has 0 aromatic heterocycles. The molecule has 2 N–H and O–H groups in total. The summed E-state index contributed by atoms with van der Waals surface area (Å²) < 4.78 is 0. The number of nitrogens with one attached hydrogen (secondary N) is 1. The standard InChI is InChI=1S/C9H14N2O2/c1-7-2-3-8(6-7)10-11-9(13)4-5-12/h6,12H,2-5H2,1H3,(H,11,13)/b10-8+. The zero-order valence-electron chi connectivity index (χ0n) is 7.71. The van der Waals surface area contributed by atoms with Gasteiger partial charge in [-0.2, -0.15) is 5.10 Å². The fourth-order valence-electron chi connectivity index (χ4n) is 1.13. The van der Waals surface area contributed by atoms with E-state index in [2.05, 4.69) is 10.5 Å². The average molecular weight is 182 g/mol. The largest absolute Gasteiger partial charge is 0.396 e. The highest BCUT2D eigenvalue weighted by atomic mass is 16.3. The van der Waals surface area contributed by atoms with Crippen LogP contribution in [0.3, 0.4) is 0 Å². The van der Waals surface area contributed by atoms with E-state index in [4.69, 9.17) is 5.11 Å². The lowest BCUT2D eigenvalue weighted by Crippen LogP contribution is -2.19. The Morgan fingerprint density at radius 1 is 1.69 bits per heavy atom. The second-order valence-electron chi connectivity index (χ2n) is 3.10. The van der Waals surface area contributed by atoms with Gasteiger partial charge in [0, 0.05) is 0 Å². The number of rotatable bonds is 3. The number of carbonyl (C=O) groups excluding carboxylic acids is 1. The zero-order chi connectivity index (χ0) is 9.68. The van der Waals surface area contributed by atoms with Crippen LogP contribution in [0.1, 0.15) is 26.2 Å². The first-order chi connectivity index (χ1) is 6.22. The quantitative estimate of drug-likeness (QED) is 0.627. The molecule has 4 heteroatoms. The van der Waals surface area contributed by atoms with E-state index in [9.17, 15) is 4.79 Å². The maximum absolute atomic E-state index is 10.9. The van der Waals surface area contributed by atoms with E-state index in [0.29, 0.717) is 0 Å². The van der Waals surface area contributed by atoms with Gasteiger partial charge in [-0.3, -0.25) is 4.79 Å². The topological polar surface area (TPSA) is 61.7 Å². The minimum absolute atomic E-state index is 0.111. The molecule has 13 heavy (non-hydrogen) atoms. The van der Waals surface area contributed by atoms with Crippen LogP contribution in [0, 0.1) is 0 Å². The third-order valence-corrected chi connectivity index (χ3v) is 1.85. The molecule has 0 atom stereocenters. The van der Waals surface area contributed by atoms with Crippen LogP contribution >= 0.6 is 0 Å². The van der Waals surface area contributed by atoms with E-state index in [1.165, 1.54) is 5.57 Å². The molecule has 1 aliphatic carbocycles. The van der Waals surface area contributed by atoms with E-state index >= 15 is 0 Å². The summed E-state index contributed by atoms with van der Waals surface area (Å²) in [7, 11) is 0. The van der Waals surface area contributed by atoms with E-state index in [1.807, 2.05) is 13.0 Å². The Balaban J connectivity index is 2.36. The van der Waals surface area contributed by atoms with Crippen LogP contribution in [0.5, 0.6) is 0 Å². The minimum Gasteiger partial charge on any atom is -0.396 e. The van der Waals surface area contributed by atoms with E-state index in [1.54, 1.807) is 0 Å². The zero-order valence-corrected chi connectivity index (χ0v) is 7.71. The summed E-state index contributed by atoms with van der Waals surface area (Å²) in [6, 6.07) is 0. The van der Waals surface area contributed by atoms with Gasteiger partial charge in [0.05, 0.1) is 18.7 Å². The molecule has 0 heterocycles. The van der Waals surface area contributed by atoms with Crippen molar-refractivity contribution < 1.29 is 9.90 Å². The van der Waals surface area contributed by atoms with E-state index in [0.717, 1.165) is 18.6 Å². The van der Waals surface area contributed by atoms with Crippen molar-refractivity contribution in [3.8, 4) is 0 Å². The summed E-state index contributed by atoms with van der Waals surface area (Å²) in [5, 5.41) is 12.4. The Kier molecular flexibility index (Phi) is 3.64. The Hall–Kier alpha value is -1.16. The molecule has 0 spiro atoms. The summed E-state index contributed by atoms with van der Waals surface area (Å²) in [5.41, 5.74) is 4.58. The molecular formula is C9H14N2O2. The first-order valence-electron chi connectivity index (χ1n) is 4.36. The van der Waals surface area contributed by atoms with Crippen molar-refractivity contribution in [3.05, 3.63) is 11.6 Å². The molecule has 0 aromatic carbocycles. The van der Waals surface area contributed by atoms with Crippen molar-refractivity contribution >= 4 is 11.6 Å². The maximum atomic E-state index is 10.9. The van der Waals surface area contributed by atoms with Crippen LogP contribution in [0.15, 0.2) is 16.8 Å². The number of hydrogen-bond donors (Lipinski definition) is 2. The molecule has 0 radical (unpaired) electrons. The van der Waals surface area contributed by atoms with Gasteiger partial charge in [0.2, 0.25) is 5.91 Å². The molecule has 72 valence electrons.